The zero-order chi connectivity index (χ0) is 15.8. The van der Waals surface area contributed by atoms with Crippen molar-refractivity contribution >= 4 is 12.0 Å². The normalized spacial score (nSPS) is 18.5. The van der Waals surface area contributed by atoms with Crippen molar-refractivity contribution in [2.24, 2.45) is 17.8 Å². The summed E-state index contributed by atoms with van der Waals surface area (Å²) in [6.45, 7) is 6.61. The number of urea groups is 1. The van der Waals surface area contributed by atoms with E-state index in [9.17, 15) is 9.59 Å². The number of rotatable bonds is 8. The van der Waals surface area contributed by atoms with Crippen LogP contribution in [0.25, 0.3) is 0 Å². The maximum absolute atomic E-state index is 11.9. The second-order valence-electron chi connectivity index (χ2n) is 6.78. The molecule has 21 heavy (non-hydrogen) atoms. The van der Waals surface area contributed by atoms with E-state index in [-0.39, 0.29) is 24.4 Å². The van der Waals surface area contributed by atoms with Gasteiger partial charge in [0.2, 0.25) is 0 Å². The molecule has 2 unspecified atom stereocenters. The molecule has 2 amide bonds. The molecule has 0 radical (unpaired) electrons. The van der Waals surface area contributed by atoms with Crippen molar-refractivity contribution in [3.05, 3.63) is 0 Å². The van der Waals surface area contributed by atoms with Gasteiger partial charge < -0.3 is 15.7 Å². The van der Waals surface area contributed by atoms with Gasteiger partial charge in [-0.2, -0.15) is 0 Å². The molecule has 0 bridgehead atoms. The van der Waals surface area contributed by atoms with Gasteiger partial charge >= 0.3 is 12.0 Å². The molecule has 0 spiro atoms. The van der Waals surface area contributed by atoms with Crippen LogP contribution in [0.4, 0.5) is 4.79 Å². The van der Waals surface area contributed by atoms with Crippen molar-refractivity contribution in [3.8, 4) is 0 Å². The summed E-state index contributed by atoms with van der Waals surface area (Å²) in [5, 5.41) is 14.7. The van der Waals surface area contributed by atoms with Crippen LogP contribution in [0.5, 0.6) is 0 Å². The Kier molecular flexibility index (Phi) is 7.54. The number of nitrogens with one attached hydrogen (secondary N) is 2. The van der Waals surface area contributed by atoms with E-state index in [1.165, 1.54) is 25.7 Å². The molecule has 1 rings (SSSR count). The summed E-state index contributed by atoms with van der Waals surface area (Å²) in [5.74, 6) is 0.204. The standard InChI is InChI=1S/C16H30N2O3/c1-11(2)8-13(9-15(19)20)10-17-16(21)18-12(3)14-6-4-5-7-14/h11-14H,4-10H2,1-3H3,(H,19,20)(H2,17,18,21). The Morgan fingerprint density at radius 3 is 2.33 bits per heavy atom. The average molecular weight is 298 g/mol. The van der Waals surface area contributed by atoms with E-state index in [4.69, 9.17) is 5.11 Å². The van der Waals surface area contributed by atoms with Crippen LogP contribution in [-0.2, 0) is 4.79 Å². The van der Waals surface area contributed by atoms with Crippen LogP contribution < -0.4 is 10.6 Å². The molecular weight excluding hydrogens is 268 g/mol. The highest BCUT2D eigenvalue weighted by atomic mass is 16.4. The van der Waals surface area contributed by atoms with Crippen molar-refractivity contribution in [1.82, 2.24) is 10.6 Å². The average Bonchev–Trinajstić information content (AvgIpc) is 2.88. The SMILES string of the molecule is CC(C)CC(CNC(=O)NC(C)C1CCCC1)CC(=O)O. The minimum Gasteiger partial charge on any atom is -0.481 e. The summed E-state index contributed by atoms with van der Waals surface area (Å²) in [6.07, 6.45) is 5.81. The van der Waals surface area contributed by atoms with Gasteiger partial charge in [-0.1, -0.05) is 26.7 Å². The van der Waals surface area contributed by atoms with E-state index in [0.29, 0.717) is 18.4 Å². The third-order valence-electron chi connectivity index (χ3n) is 4.29. The maximum atomic E-state index is 11.9. The number of carboxylic acid groups (broad SMARTS) is 1. The number of carbonyl (C=O) groups excluding carboxylic acids is 1. The van der Waals surface area contributed by atoms with Gasteiger partial charge in [0.1, 0.15) is 0 Å². The predicted octanol–water partition coefficient (Wildman–Crippen LogP) is 3.00. The number of carboxylic acids is 1. The molecular formula is C16H30N2O3. The Hall–Kier alpha value is -1.26. The van der Waals surface area contributed by atoms with Gasteiger partial charge in [0.15, 0.2) is 0 Å². The van der Waals surface area contributed by atoms with Gasteiger partial charge in [-0.15, -0.1) is 0 Å². The van der Waals surface area contributed by atoms with E-state index < -0.39 is 5.97 Å². The van der Waals surface area contributed by atoms with Crippen LogP contribution in [0.2, 0.25) is 0 Å². The first-order valence-electron chi connectivity index (χ1n) is 8.14. The lowest BCUT2D eigenvalue weighted by Crippen LogP contribution is -2.45. The molecule has 0 aliphatic heterocycles. The summed E-state index contributed by atoms with van der Waals surface area (Å²) in [7, 11) is 0. The second-order valence-corrected chi connectivity index (χ2v) is 6.78. The van der Waals surface area contributed by atoms with Crippen molar-refractivity contribution < 1.29 is 14.7 Å². The number of aliphatic carboxylic acids is 1. The number of hydrogen-bond acceptors (Lipinski definition) is 2. The Morgan fingerprint density at radius 1 is 1.19 bits per heavy atom. The Morgan fingerprint density at radius 2 is 1.81 bits per heavy atom. The van der Waals surface area contributed by atoms with Gasteiger partial charge in [-0.3, -0.25) is 4.79 Å². The van der Waals surface area contributed by atoms with Crippen molar-refractivity contribution in [3.63, 3.8) is 0 Å². The molecule has 0 heterocycles. The molecule has 5 nitrogen and oxygen atoms in total. The zero-order valence-electron chi connectivity index (χ0n) is 13.5. The molecule has 1 aliphatic rings. The molecule has 1 saturated carbocycles. The molecule has 1 fully saturated rings. The fourth-order valence-corrected chi connectivity index (χ4v) is 3.22. The molecule has 1 aliphatic carbocycles. The van der Waals surface area contributed by atoms with E-state index in [2.05, 4.69) is 31.4 Å². The molecule has 0 aromatic heterocycles. The van der Waals surface area contributed by atoms with E-state index in [1.807, 2.05) is 0 Å². The van der Waals surface area contributed by atoms with Crippen LogP contribution >= 0.6 is 0 Å². The predicted molar refractivity (Wildman–Crippen MR) is 83.2 cm³/mol. The molecule has 0 aromatic carbocycles. The summed E-state index contributed by atoms with van der Waals surface area (Å²) in [5.41, 5.74) is 0. The highest BCUT2D eigenvalue weighted by molar-refractivity contribution is 5.74. The van der Waals surface area contributed by atoms with Crippen molar-refractivity contribution in [1.29, 1.82) is 0 Å². The highest BCUT2D eigenvalue weighted by Gasteiger charge is 2.23. The quantitative estimate of drug-likeness (QED) is 0.644. The summed E-state index contributed by atoms with van der Waals surface area (Å²) in [6, 6.07) is 0.0177. The fourth-order valence-electron chi connectivity index (χ4n) is 3.22. The van der Waals surface area contributed by atoms with Gasteiger partial charge in [-0.25, -0.2) is 4.79 Å². The van der Waals surface area contributed by atoms with E-state index in [1.54, 1.807) is 0 Å². The first kappa shape index (κ1) is 17.8. The minimum atomic E-state index is -0.804. The van der Waals surface area contributed by atoms with Gasteiger partial charge in [0, 0.05) is 19.0 Å². The number of amides is 2. The molecule has 2 atom stereocenters. The smallest absolute Gasteiger partial charge is 0.315 e. The second kappa shape index (κ2) is 8.90. The summed E-state index contributed by atoms with van der Waals surface area (Å²) in [4.78, 5) is 22.8. The Balaban J connectivity index is 2.32. The lowest BCUT2D eigenvalue weighted by Gasteiger charge is -2.22. The first-order chi connectivity index (χ1) is 9.88. The van der Waals surface area contributed by atoms with Crippen LogP contribution in [0.3, 0.4) is 0 Å². The molecule has 0 saturated heterocycles. The van der Waals surface area contributed by atoms with E-state index >= 15 is 0 Å². The third-order valence-corrected chi connectivity index (χ3v) is 4.29. The van der Waals surface area contributed by atoms with Crippen LogP contribution in [0.1, 0.15) is 59.3 Å². The Bertz CT molecular complexity index is 338. The molecule has 3 N–H and O–H groups in total. The number of carbonyl (C=O) groups is 2. The van der Waals surface area contributed by atoms with Gasteiger partial charge in [0.05, 0.1) is 0 Å². The zero-order valence-corrected chi connectivity index (χ0v) is 13.5. The van der Waals surface area contributed by atoms with Crippen LogP contribution in [0, 0.1) is 17.8 Å². The van der Waals surface area contributed by atoms with Crippen LogP contribution in [0.15, 0.2) is 0 Å². The summed E-state index contributed by atoms with van der Waals surface area (Å²) < 4.78 is 0. The highest BCUT2D eigenvalue weighted by Crippen LogP contribution is 2.27. The van der Waals surface area contributed by atoms with E-state index in [0.717, 1.165) is 6.42 Å². The lowest BCUT2D eigenvalue weighted by molar-refractivity contribution is -0.138. The third kappa shape index (κ3) is 7.34. The van der Waals surface area contributed by atoms with Crippen molar-refractivity contribution in [2.75, 3.05) is 6.54 Å². The molecule has 0 aromatic rings. The molecule has 5 heteroatoms. The topological polar surface area (TPSA) is 78.4 Å². The number of hydrogen-bond donors (Lipinski definition) is 3. The molecule has 122 valence electrons. The monoisotopic (exact) mass is 298 g/mol. The van der Waals surface area contributed by atoms with Crippen molar-refractivity contribution in [2.45, 2.75) is 65.3 Å². The first-order valence-corrected chi connectivity index (χ1v) is 8.14. The maximum Gasteiger partial charge on any atom is 0.315 e. The minimum absolute atomic E-state index is 0.00460. The lowest BCUT2D eigenvalue weighted by atomic mass is 9.94. The fraction of sp³-hybridized carbons (Fsp3) is 0.875. The van der Waals surface area contributed by atoms with Gasteiger partial charge in [-0.05, 0) is 43.9 Å². The Labute approximate surface area is 127 Å². The van der Waals surface area contributed by atoms with Gasteiger partial charge in [0.25, 0.3) is 0 Å². The van der Waals surface area contributed by atoms with Crippen LogP contribution in [-0.4, -0.2) is 29.7 Å². The summed E-state index contributed by atoms with van der Waals surface area (Å²) >= 11 is 0. The largest absolute Gasteiger partial charge is 0.481 e.